The number of hydrogen-bond acceptors (Lipinski definition) is 2. The minimum atomic E-state index is -0.211. The molecule has 0 unspecified atom stereocenters. The van der Waals surface area contributed by atoms with Gasteiger partial charge < -0.3 is 4.57 Å². The van der Waals surface area contributed by atoms with Gasteiger partial charge >= 0.3 is 0 Å². The first-order valence-corrected chi connectivity index (χ1v) is 8.05. The summed E-state index contributed by atoms with van der Waals surface area (Å²) in [6.45, 7) is 6.33. The molecule has 0 fully saturated rings. The maximum Gasteiger partial charge on any atom is 0.271 e. The SMILES string of the molecule is Cc1cc(/C=N\NC(=O)c2ccc3ccccc3c2)cn1C(C)C. The monoisotopic (exact) mass is 319 g/mol. The van der Waals surface area contributed by atoms with Crippen LogP contribution in [0.5, 0.6) is 0 Å². The first kappa shape index (κ1) is 16.0. The van der Waals surface area contributed by atoms with Crippen molar-refractivity contribution in [1.82, 2.24) is 9.99 Å². The van der Waals surface area contributed by atoms with Crippen molar-refractivity contribution in [2.75, 3.05) is 0 Å². The van der Waals surface area contributed by atoms with Gasteiger partial charge in [0, 0.05) is 29.1 Å². The molecule has 0 spiro atoms. The van der Waals surface area contributed by atoms with Gasteiger partial charge in [0.15, 0.2) is 0 Å². The first-order valence-electron chi connectivity index (χ1n) is 8.05. The zero-order valence-electron chi connectivity index (χ0n) is 14.2. The van der Waals surface area contributed by atoms with Crippen LogP contribution in [-0.4, -0.2) is 16.7 Å². The number of fused-ring (bicyclic) bond motifs is 1. The highest BCUT2D eigenvalue weighted by Crippen LogP contribution is 2.15. The summed E-state index contributed by atoms with van der Waals surface area (Å²) in [4.78, 5) is 12.2. The van der Waals surface area contributed by atoms with Gasteiger partial charge in [0.1, 0.15) is 0 Å². The van der Waals surface area contributed by atoms with Crippen LogP contribution in [0.1, 0.15) is 41.5 Å². The molecule has 122 valence electrons. The highest BCUT2D eigenvalue weighted by molar-refractivity contribution is 5.98. The largest absolute Gasteiger partial charge is 0.349 e. The van der Waals surface area contributed by atoms with E-state index in [-0.39, 0.29) is 5.91 Å². The van der Waals surface area contributed by atoms with Crippen molar-refractivity contribution < 1.29 is 4.79 Å². The number of nitrogens with one attached hydrogen (secondary N) is 1. The molecule has 3 aromatic rings. The predicted octanol–water partition coefficient (Wildman–Crippen LogP) is 4.29. The van der Waals surface area contributed by atoms with E-state index in [1.54, 1.807) is 6.21 Å². The van der Waals surface area contributed by atoms with E-state index in [2.05, 4.69) is 35.9 Å². The maximum absolute atomic E-state index is 12.2. The van der Waals surface area contributed by atoms with Crippen LogP contribution in [0.25, 0.3) is 10.8 Å². The Balaban J connectivity index is 1.71. The van der Waals surface area contributed by atoms with Crippen molar-refractivity contribution in [1.29, 1.82) is 0 Å². The van der Waals surface area contributed by atoms with Gasteiger partial charge in [-0.15, -0.1) is 0 Å². The number of nitrogens with zero attached hydrogens (tertiary/aromatic N) is 2. The molecular formula is C20H21N3O. The van der Waals surface area contributed by atoms with Gasteiger partial charge in [0.25, 0.3) is 5.91 Å². The van der Waals surface area contributed by atoms with Crippen molar-refractivity contribution in [3.63, 3.8) is 0 Å². The Morgan fingerprint density at radius 1 is 1.12 bits per heavy atom. The molecule has 1 N–H and O–H groups in total. The van der Waals surface area contributed by atoms with Crippen molar-refractivity contribution in [2.45, 2.75) is 26.8 Å². The third-order valence-corrected chi connectivity index (χ3v) is 4.02. The molecule has 1 amide bonds. The number of hydrazone groups is 1. The molecule has 0 aliphatic carbocycles. The predicted molar refractivity (Wildman–Crippen MR) is 98.6 cm³/mol. The summed E-state index contributed by atoms with van der Waals surface area (Å²) in [5, 5.41) is 6.23. The summed E-state index contributed by atoms with van der Waals surface area (Å²) in [6.07, 6.45) is 3.70. The van der Waals surface area contributed by atoms with E-state index in [1.165, 1.54) is 5.69 Å². The second-order valence-corrected chi connectivity index (χ2v) is 6.18. The number of carbonyl (C=O) groups excluding carboxylic acids is 1. The summed E-state index contributed by atoms with van der Waals surface area (Å²) in [5.74, 6) is -0.211. The molecular weight excluding hydrogens is 298 g/mol. The molecule has 3 rings (SSSR count). The molecule has 0 bridgehead atoms. The van der Waals surface area contributed by atoms with E-state index in [0.717, 1.165) is 16.3 Å². The maximum atomic E-state index is 12.2. The number of carbonyl (C=O) groups is 1. The zero-order valence-corrected chi connectivity index (χ0v) is 14.2. The molecule has 0 aliphatic heterocycles. The van der Waals surface area contributed by atoms with Crippen molar-refractivity contribution in [3.05, 3.63) is 71.5 Å². The number of benzene rings is 2. The topological polar surface area (TPSA) is 46.4 Å². The Labute approximate surface area is 141 Å². The molecule has 1 aromatic heterocycles. The van der Waals surface area contributed by atoms with Gasteiger partial charge in [-0.3, -0.25) is 4.79 Å². The smallest absolute Gasteiger partial charge is 0.271 e. The Bertz CT molecular complexity index is 906. The number of amides is 1. The van der Waals surface area contributed by atoms with E-state index in [1.807, 2.05) is 54.7 Å². The molecule has 2 aromatic carbocycles. The summed E-state index contributed by atoms with van der Waals surface area (Å²) in [5.41, 5.74) is 5.34. The lowest BCUT2D eigenvalue weighted by Crippen LogP contribution is -2.17. The van der Waals surface area contributed by atoms with Crippen molar-refractivity contribution in [3.8, 4) is 0 Å². The number of hydrogen-bond donors (Lipinski definition) is 1. The Kier molecular flexibility index (Phi) is 4.47. The van der Waals surface area contributed by atoms with Crippen LogP contribution in [0.4, 0.5) is 0 Å². The van der Waals surface area contributed by atoms with Crippen LogP contribution in [0.2, 0.25) is 0 Å². The van der Waals surface area contributed by atoms with Crippen LogP contribution in [0.3, 0.4) is 0 Å². The van der Waals surface area contributed by atoms with Crippen LogP contribution in [0.15, 0.2) is 59.8 Å². The lowest BCUT2D eigenvalue weighted by molar-refractivity contribution is 0.0955. The second-order valence-electron chi connectivity index (χ2n) is 6.18. The third kappa shape index (κ3) is 3.38. The average molecular weight is 319 g/mol. The summed E-state index contributed by atoms with van der Waals surface area (Å²) < 4.78 is 2.17. The zero-order chi connectivity index (χ0) is 17.1. The number of rotatable bonds is 4. The van der Waals surface area contributed by atoms with Gasteiger partial charge in [-0.2, -0.15) is 5.10 Å². The van der Waals surface area contributed by atoms with Gasteiger partial charge in [0.05, 0.1) is 6.21 Å². The van der Waals surface area contributed by atoms with Crippen LogP contribution >= 0.6 is 0 Å². The Morgan fingerprint density at radius 2 is 1.88 bits per heavy atom. The lowest BCUT2D eigenvalue weighted by atomic mass is 10.1. The van der Waals surface area contributed by atoms with Crippen LogP contribution < -0.4 is 5.43 Å². The van der Waals surface area contributed by atoms with Crippen molar-refractivity contribution in [2.24, 2.45) is 5.10 Å². The third-order valence-electron chi connectivity index (χ3n) is 4.02. The molecule has 24 heavy (non-hydrogen) atoms. The highest BCUT2D eigenvalue weighted by Gasteiger charge is 2.06. The summed E-state index contributed by atoms with van der Waals surface area (Å²) in [7, 11) is 0. The quantitative estimate of drug-likeness (QED) is 0.566. The number of aryl methyl sites for hydroxylation is 1. The molecule has 4 nitrogen and oxygen atoms in total. The van der Waals surface area contributed by atoms with Gasteiger partial charge in [-0.25, -0.2) is 5.43 Å². The summed E-state index contributed by atoms with van der Waals surface area (Å²) >= 11 is 0. The highest BCUT2D eigenvalue weighted by atomic mass is 16.2. The first-order chi connectivity index (χ1) is 11.5. The van der Waals surface area contributed by atoms with Gasteiger partial charge in [0.2, 0.25) is 0 Å². The Morgan fingerprint density at radius 3 is 2.58 bits per heavy atom. The standard InChI is InChI=1S/C20H21N3O/c1-14(2)23-13-16(10-15(23)3)12-21-22-20(24)19-9-8-17-6-4-5-7-18(17)11-19/h4-14H,1-3H3,(H,22,24)/b21-12-. The molecule has 4 heteroatoms. The number of aromatic nitrogens is 1. The van der Waals surface area contributed by atoms with Crippen LogP contribution in [-0.2, 0) is 0 Å². The van der Waals surface area contributed by atoms with Crippen molar-refractivity contribution >= 4 is 22.9 Å². The van der Waals surface area contributed by atoms with Crippen LogP contribution in [0, 0.1) is 6.92 Å². The molecule has 0 saturated heterocycles. The minimum Gasteiger partial charge on any atom is -0.349 e. The Hall–Kier alpha value is -2.88. The van der Waals surface area contributed by atoms with Gasteiger partial charge in [-0.05, 0) is 49.7 Å². The normalized spacial score (nSPS) is 11.5. The fourth-order valence-electron chi connectivity index (χ4n) is 2.80. The fourth-order valence-corrected chi connectivity index (χ4v) is 2.80. The minimum absolute atomic E-state index is 0.211. The molecule has 1 heterocycles. The van der Waals surface area contributed by atoms with E-state index in [9.17, 15) is 4.79 Å². The second kappa shape index (κ2) is 6.71. The summed E-state index contributed by atoms with van der Waals surface area (Å²) in [6, 6.07) is 16.0. The van der Waals surface area contributed by atoms with E-state index < -0.39 is 0 Å². The van der Waals surface area contributed by atoms with E-state index >= 15 is 0 Å². The average Bonchev–Trinajstić information content (AvgIpc) is 2.95. The fraction of sp³-hybridized carbons (Fsp3) is 0.200. The molecule has 0 atom stereocenters. The van der Waals surface area contributed by atoms with E-state index in [0.29, 0.717) is 11.6 Å². The molecule has 0 aliphatic rings. The van der Waals surface area contributed by atoms with E-state index in [4.69, 9.17) is 0 Å². The lowest BCUT2D eigenvalue weighted by Gasteiger charge is -2.08. The molecule has 0 radical (unpaired) electrons. The molecule has 0 saturated carbocycles. The van der Waals surface area contributed by atoms with Gasteiger partial charge in [-0.1, -0.05) is 30.3 Å².